The summed E-state index contributed by atoms with van der Waals surface area (Å²) in [5, 5.41) is 9.48. The number of aliphatic hydroxyl groups is 1. The molecule has 0 saturated carbocycles. The van der Waals surface area contributed by atoms with Crippen LogP contribution in [0.25, 0.3) is 0 Å². The zero-order valence-electron chi connectivity index (χ0n) is 21.0. The van der Waals surface area contributed by atoms with Crippen molar-refractivity contribution in [2.24, 2.45) is 5.92 Å². The van der Waals surface area contributed by atoms with Crippen molar-refractivity contribution in [2.45, 2.75) is 70.1 Å². The number of carbonyl (C=O) groups is 1. The molecule has 3 aliphatic rings. The summed E-state index contributed by atoms with van der Waals surface area (Å²) in [5.74, 6) is 2.95. The Morgan fingerprint density at radius 1 is 1.14 bits per heavy atom. The van der Waals surface area contributed by atoms with E-state index in [-0.39, 0.29) is 24.3 Å². The van der Waals surface area contributed by atoms with E-state index in [1.54, 1.807) is 0 Å². The number of hydrogen-bond acceptors (Lipinski definition) is 5. The Bertz CT molecular complexity index is 892. The van der Waals surface area contributed by atoms with E-state index in [0.717, 1.165) is 43.5 Å². The fourth-order valence-corrected chi connectivity index (χ4v) is 5.81. The average Bonchev–Trinajstić information content (AvgIpc) is 2.92. The van der Waals surface area contributed by atoms with Gasteiger partial charge in [0.05, 0.1) is 0 Å². The predicted molar refractivity (Wildman–Crippen MR) is 137 cm³/mol. The lowest BCUT2D eigenvalue weighted by Crippen LogP contribution is -2.49. The SMILES string of the molecule is C#Cc1ccc([C@H]2C=C(C(=O)N3CCC(N4CCCCC4)CC3)O[C@@H](OCC)[C@@H]2CCCO)cc1. The maximum atomic E-state index is 13.6. The Morgan fingerprint density at radius 2 is 1.86 bits per heavy atom. The summed E-state index contributed by atoms with van der Waals surface area (Å²) in [6.07, 6.45) is 14.3. The number of carbonyl (C=O) groups excluding carboxylic acids is 1. The Labute approximate surface area is 210 Å². The Kier molecular flexibility index (Phi) is 9.25. The zero-order chi connectivity index (χ0) is 24.6. The van der Waals surface area contributed by atoms with Crippen LogP contribution < -0.4 is 0 Å². The van der Waals surface area contributed by atoms with Gasteiger partial charge < -0.3 is 24.4 Å². The van der Waals surface area contributed by atoms with E-state index >= 15 is 0 Å². The zero-order valence-corrected chi connectivity index (χ0v) is 21.0. The second-order valence-electron chi connectivity index (χ2n) is 9.91. The Hall–Kier alpha value is -2.33. The van der Waals surface area contributed by atoms with Gasteiger partial charge in [-0.05, 0) is 82.3 Å². The van der Waals surface area contributed by atoms with E-state index in [0.29, 0.717) is 24.8 Å². The molecule has 0 aliphatic carbocycles. The first kappa shape index (κ1) is 25.8. The maximum absolute atomic E-state index is 13.6. The monoisotopic (exact) mass is 480 g/mol. The van der Waals surface area contributed by atoms with Gasteiger partial charge in [-0.25, -0.2) is 0 Å². The third-order valence-corrected chi connectivity index (χ3v) is 7.74. The molecule has 3 heterocycles. The number of amides is 1. The number of rotatable bonds is 8. The highest BCUT2D eigenvalue weighted by Gasteiger charge is 2.39. The van der Waals surface area contributed by atoms with E-state index in [1.165, 1.54) is 32.4 Å². The highest BCUT2D eigenvalue weighted by Crippen LogP contribution is 2.40. The van der Waals surface area contributed by atoms with Crippen molar-refractivity contribution in [3.8, 4) is 12.3 Å². The number of nitrogens with zero attached hydrogens (tertiary/aromatic N) is 2. The summed E-state index contributed by atoms with van der Waals surface area (Å²) in [7, 11) is 0. The molecule has 2 saturated heterocycles. The lowest BCUT2D eigenvalue weighted by Gasteiger charge is -2.41. The summed E-state index contributed by atoms with van der Waals surface area (Å²) in [6.45, 7) is 6.45. The molecule has 0 bridgehead atoms. The van der Waals surface area contributed by atoms with E-state index in [2.05, 4.69) is 10.8 Å². The normalized spacial score (nSPS) is 26.0. The molecule has 2 fully saturated rings. The van der Waals surface area contributed by atoms with Gasteiger partial charge in [-0.2, -0.15) is 0 Å². The van der Waals surface area contributed by atoms with Crippen LogP contribution in [0, 0.1) is 18.3 Å². The first-order valence-corrected chi connectivity index (χ1v) is 13.4. The molecule has 1 aromatic rings. The van der Waals surface area contributed by atoms with Crippen LogP contribution >= 0.6 is 0 Å². The summed E-state index contributed by atoms with van der Waals surface area (Å²) < 4.78 is 12.2. The van der Waals surface area contributed by atoms with Gasteiger partial charge in [-0.1, -0.05) is 24.5 Å². The maximum Gasteiger partial charge on any atom is 0.288 e. The van der Waals surface area contributed by atoms with Crippen molar-refractivity contribution in [1.29, 1.82) is 0 Å². The fourth-order valence-electron chi connectivity index (χ4n) is 5.81. The first-order valence-electron chi connectivity index (χ1n) is 13.4. The molecule has 190 valence electrons. The van der Waals surface area contributed by atoms with Crippen molar-refractivity contribution in [3.63, 3.8) is 0 Å². The second-order valence-corrected chi connectivity index (χ2v) is 9.91. The largest absolute Gasteiger partial charge is 0.459 e. The average molecular weight is 481 g/mol. The minimum Gasteiger partial charge on any atom is -0.459 e. The second kappa shape index (κ2) is 12.6. The number of benzene rings is 1. The molecule has 0 spiro atoms. The van der Waals surface area contributed by atoms with Crippen LogP contribution in [0.3, 0.4) is 0 Å². The van der Waals surface area contributed by atoms with Crippen LogP contribution in [-0.4, -0.2) is 72.5 Å². The standard InChI is InChI=1S/C29H40N2O4/c1-3-22-10-12-23(13-11-22)26-21-27(35-29(34-4-2)25(26)9-8-20-32)28(33)31-18-14-24(15-19-31)30-16-6-5-7-17-30/h1,10-13,21,24-26,29,32H,4-9,14-20H2,2H3/t25-,26-,29-/m1/s1. The number of aliphatic hydroxyl groups excluding tert-OH is 1. The molecule has 0 aromatic heterocycles. The minimum absolute atomic E-state index is 0.000161. The Balaban J connectivity index is 1.52. The van der Waals surface area contributed by atoms with Crippen LogP contribution in [0.4, 0.5) is 0 Å². The summed E-state index contributed by atoms with van der Waals surface area (Å²) in [6, 6.07) is 8.52. The molecular formula is C29H40N2O4. The molecule has 4 rings (SSSR count). The topological polar surface area (TPSA) is 62.2 Å². The summed E-state index contributed by atoms with van der Waals surface area (Å²) >= 11 is 0. The molecule has 6 nitrogen and oxygen atoms in total. The number of hydrogen-bond donors (Lipinski definition) is 1. The molecule has 1 aromatic carbocycles. The number of likely N-dealkylation sites (tertiary alicyclic amines) is 2. The van der Waals surface area contributed by atoms with Crippen molar-refractivity contribution in [3.05, 3.63) is 47.2 Å². The van der Waals surface area contributed by atoms with Gasteiger partial charge in [-0.3, -0.25) is 4.79 Å². The van der Waals surface area contributed by atoms with E-state index < -0.39 is 6.29 Å². The van der Waals surface area contributed by atoms with Crippen molar-refractivity contribution in [2.75, 3.05) is 39.4 Å². The summed E-state index contributed by atoms with van der Waals surface area (Å²) in [4.78, 5) is 18.1. The molecule has 0 unspecified atom stereocenters. The minimum atomic E-state index is -0.529. The van der Waals surface area contributed by atoms with Crippen molar-refractivity contribution in [1.82, 2.24) is 9.80 Å². The van der Waals surface area contributed by atoms with Gasteiger partial charge in [0.1, 0.15) is 0 Å². The third kappa shape index (κ3) is 6.27. The van der Waals surface area contributed by atoms with Crippen LogP contribution in [0.2, 0.25) is 0 Å². The molecule has 35 heavy (non-hydrogen) atoms. The van der Waals surface area contributed by atoms with E-state index in [4.69, 9.17) is 15.9 Å². The van der Waals surface area contributed by atoms with Gasteiger partial charge in [0.2, 0.25) is 6.29 Å². The van der Waals surface area contributed by atoms with Gasteiger partial charge in [0.25, 0.3) is 5.91 Å². The van der Waals surface area contributed by atoms with Gasteiger partial charge >= 0.3 is 0 Å². The summed E-state index contributed by atoms with van der Waals surface area (Å²) in [5.41, 5.74) is 1.90. The molecule has 3 aliphatic heterocycles. The first-order chi connectivity index (χ1) is 17.1. The van der Waals surface area contributed by atoms with Crippen LogP contribution in [-0.2, 0) is 14.3 Å². The van der Waals surface area contributed by atoms with Gasteiger partial charge in [0.15, 0.2) is 5.76 Å². The van der Waals surface area contributed by atoms with Crippen molar-refractivity contribution >= 4 is 5.91 Å². The van der Waals surface area contributed by atoms with Crippen LogP contribution in [0.15, 0.2) is 36.1 Å². The van der Waals surface area contributed by atoms with Crippen LogP contribution in [0.1, 0.15) is 68.9 Å². The van der Waals surface area contributed by atoms with E-state index in [1.807, 2.05) is 42.2 Å². The highest BCUT2D eigenvalue weighted by molar-refractivity contribution is 5.92. The predicted octanol–water partition coefficient (Wildman–Crippen LogP) is 3.89. The van der Waals surface area contributed by atoms with E-state index in [9.17, 15) is 9.90 Å². The van der Waals surface area contributed by atoms with Crippen molar-refractivity contribution < 1.29 is 19.4 Å². The number of ether oxygens (including phenoxy) is 2. The fraction of sp³-hybridized carbons (Fsp3) is 0.621. The van der Waals surface area contributed by atoms with Gasteiger partial charge in [-0.15, -0.1) is 6.42 Å². The number of piperidine rings is 2. The Morgan fingerprint density at radius 3 is 2.49 bits per heavy atom. The smallest absolute Gasteiger partial charge is 0.288 e. The highest BCUT2D eigenvalue weighted by atomic mass is 16.7. The molecule has 6 heteroatoms. The molecular weight excluding hydrogens is 440 g/mol. The molecule has 0 radical (unpaired) electrons. The quantitative estimate of drug-likeness (QED) is 0.572. The molecule has 1 N–H and O–H groups in total. The number of terminal acetylenes is 1. The van der Waals surface area contributed by atoms with Crippen LogP contribution in [0.5, 0.6) is 0 Å². The number of allylic oxidation sites excluding steroid dienone is 1. The molecule has 3 atom stereocenters. The molecule has 1 amide bonds. The lowest BCUT2D eigenvalue weighted by molar-refractivity contribution is -0.171. The lowest BCUT2D eigenvalue weighted by atomic mass is 9.80. The third-order valence-electron chi connectivity index (χ3n) is 7.74. The van der Waals surface area contributed by atoms with Gasteiger partial charge in [0, 0.05) is 49.7 Å².